The number of nitrogens with two attached hydrogens (primary N) is 1. The zero-order chi connectivity index (χ0) is 10.9. The second-order valence-corrected chi connectivity index (χ2v) is 4.76. The number of carbonyl (C=O) groups excluding carboxylic acids is 1. The fourth-order valence-corrected chi connectivity index (χ4v) is 1.53. The number of hydrogen-bond acceptors (Lipinski definition) is 4. The highest BCUT2D eigenvalue weighted by Crippen LogP contribution is 2.26. The van der Waals surface area contributed by atoms with Gasteiger partial charge in [0, 0.05) is 24.6 Å². The molecule has 1 rings (SSSR count). The molecule has 1 aliphatic heterocycles. The van der Waals surface area contributed by atoms with Gasteiger partial charge in [0.15, 0.2) is 5.78 Å². The highest BCUT2D eigenvalue weighted by molar-refractivity contribution is 5.97. The summed E-state index contributed by atoms with van der Waals surface area (Å²) in [5.41, 5.74) is 6.46. The van der Waals surface area contributed by atoms with Gasteiger partial charge in [-0.05, 0) is 0 Å². The van der Waals surface area contributed by atoms with Crippen molar-refractivity contribution in [3.05, 3.63) is 0 Å². The third-order valence-electron chi connectivity index (χ3n) is 2.55. The summed E-state index contributed by atoms with van der Waals surface area (Å²) in [6.07, 6.45) is 0.718. The monoisotopic (exact) mass is 197 g/mol. The Bertz CT molecular complexity index is 265. The van der Waals surface area contributed by atoms with Gasteiger partial charge in [0.2, 0.25) is 0 Å². The van der Waals surface area contributed by atoms with Crippen LogP contribution in [-0.4, -0.2) is 36.1 Å². The van der Waals surface area contributed by atoms with E-state index in [1.54, 1.807) is 5.01 Å². The first-order chi connectivity index (χ1) is 6.36. The minimum Gasteiger partial charge on any atom is -0.324 e. The van der Waals surface area contributed by atoms with E-state index in [1.165, 1.54) is 0 Å². The molecule has 4 heteroatoms. The Kier molecular flexibility index (Phi) is 2.95. The summed E-state index contributed by atoms with van der Waals surface area (Å²) in [5.74, 6) is 0.0653. The minimum absolute atomic E-state index is 0.0396. The summed E-state index contributed by atoms with van der Waals surface area (Å²) >= 11 is 0. The number of rotatable bonds is 2. The summed E-state index contributed by atoms with van der Waals surface area (Å²) in [5, 5.41) is 6.12. The van der Waals surface area contributed by atoms with Crippen LogP contribution in [0.3, 0.4) is 0 Å². The summed E-state index contributed by atoms with van der Waals surface area (Å²) < 4.78 is 0. The van der Waals surface area contributed by atoms with Crippen molar-refractivity contribution >= 4 is 11.5 Å². The van der Waals surface area contributed by atoms with Gasteiger partial charge in [-0.2, -0.15) is 5.10 Å². The Morgan fingerprint density at radius 1 is 1.64 bits per heavy atom. The van der Waals surface area contributed by atoms with Gasteiger partial charge in [-0.1, -0.05) is 20.8 Å². The van der Waals surface area contributed by atoms with E-state index < -0.39 is 0 Å². The number of carbonyl (C=O) groups is 1. The van der Waals surface area contributed by atoms with E-state index in [-0.39, 0.29) is 23.8 Å². The molecule has 4 nitrogen and oxygen atoms in total. The molecular formula is C10H19N3O. The molecule has 0 aromatic carbocycles. The zero-order valence-corrected chi connectivity index (χ0v) is 9.37. The van der Waals surface area contributed by atoms with Crippen molar-refractivity contribution in [1.82, 2.24) is 5.01 Å². The van der Waals surface area contributed by atoms with Crippen LogP contribution in [-0.2, 0) is 4.79 Å². The van der Waals surface area contributed by atoms with E-state index in [1.807, 2.05) is 7.05 Å². The highest BCUT2D eigenvalue weighted by Gasteiger charge is 2.33. The van der Waals surface area contributed by atoms with Crippen molar-refractivity contribution < 1.29 is 4.79 Å². The molecule has 14 heavy (non-hydrogen) atoms. The molecule has 0 aliphatic carbocycles. The summed E-state index contributed by atoms with van der Waals surface area (Å²) in [6, 6.07) is -0.144. The normalized spacial score (nSPS) is 22.5. The summed E-state index contributed by atoms with van der Waals surface area (Å²) in [6.45, 7) is 6.42. The summed E-state index contributed by atoms with van der Waals surface area (Å²) in [7, 11) is 1.83. The van der Waals surface area contributed by atoms with E-state index in [2.05, 4.69) is 25.9 Å². The van der Waals surface area contributed by atoms with Crippen molar-refractivity contribution in [3.63, 3.8) is 0 Å². The molecule has 0 saturated heterocycles. The number of hydrazone groups is 1. The van der Waals surface area contributed by atoms with Crippen LogP contribution in [0.2, 0.25) is 0 Å². The fourth-order valence-electron chi connectivity index (χ4n) is 1.53. The van der Waals surface area contributed by atoms with Crippen molar-refractivity contribution in [2.75, 3.05) is 13.6 Å². The Hall–Kier alpha value is -0.900. The molecule has 80 valence electrons. The van der Waals surface area contributed by atoms with Crippen LogP contribution >= 0.6 is 0 Å². The minimum atomic E-state index is -0.144. The van der Waals surface area contributed by atoms with Crippen LogP contribution in [0.1, 0.15) is 27.2 Å². The molecule has 0 amide bonds. The van der Waals surface area contributed by atoms with Crippen LogP contribution in [0, 0.1) is 5.41 Å². The van der Waals surface area contributed by atoms with Gasteiger partial charge in [-0.15, -0.1) is 0 Å². The average molecular weight is 197 g/mol. The molecule has 1 atom stereocenters. The van der Waals surface area contributed by atoms with Crippen LogP contribution in [0.15, 0.2) is 5.10 Å². The number of Topliss-reactive ketones (excluding diaryl/α,β-unsaturated/α-hetero) is 1. The van der Waals surface area contributed by atoms with E-state index in [0.29, 0.717) is 0 Å². The number of nitrogens with zero attached hydrogens (tertiary/aromatic N) is 2. The maximum atomic E-state index is 11.5. The Balaban J connectivity index is 2.74. The molecule has 0 saturated carbocycles. The van der Waals surface area contributed by atoms with Crippen LogP contribution in [0.25, 0.3) is 0 Å². The lowest BCUT2D eigenvalue weighted by Gasteiger charge is -2.17. The largest absolute Gasteiger partial charge is 0.324 e. The van der Waals surface area contributed by atoms with E-state index in [0.717, 1.165) is 12.1 Å². The topological polar surface area (TPSA) is 58.7 Å². The molecule has 0 aromatic heterocycles. The molecule has 0 aromatic rings. The third kappa shape index (κ3) is 2.12. The zero-order valence-electron chi connectivity index (χ0n) is 9.37. The SMILES string of the molecule is CN1N=C(C(C)(C)C)CC1C(=O)CN. The van der Waals surface area contributed by atoms with Crippen molar-refractivity contribution in [2.24, 2.45) is 16.3 Å². The van der Waals surface area contributed by atoms with Crippen molar-refractivity contribution in [1.29, 1.82) is 0 Å². The van der Waals surface area contributed by atoms with Gasteiger partial charge in [0.25, 0.3) is 0 Å². The Labute approximate surface area is 85.1 Å². The first-order valence-electron chi connectivity index (χ1n) is 4.90. The first kappa shape index (κ1) is 11.2. The van der Waals surface area contributed by atoms with E-state index in [4.69, 9.17) is 5.73 Å². The maximum absolute atomic E-state index is 11.5. The second-order valence-electron chi connectivity index (χ2n) is 4.76. The van der Waals surface area contributed by atoms with Crippen molar-refractivity contribution in [3.8, 4) is 0 Å². The lowest BCUT2D eigenvalue weighted by Crippen LogP contribution is -2.36. The quantitative estimate of drug-likeness (QED) is 0.706. The molecule has 1 unspecified atom stereocenters. The van der Waals surface area contributed by atoms with E-state index in [9.17, 15) is 4.79 Å². The smallest absolute Gasteiger partial charge is 0.170 e. The van der Waals surface area contributed by atoms with Gasteiger partial charge in [-0.3, -0.25) is 9.80 Å². The first-order valence-corrected chi connectivity index (χ1v) is 4.90. The molecule has 0 bridgehead atoms. The predicted octanol–water partition coefficient (Wildman–Crippen LogP) is 0.620. The Morgan fingerprint density at radius 2 is 2.21 bits per heavy atom. The van der Waals surface area contributed by atoms with Crippen LogP contribution in [0.5, 0.6) is 0 Å². The maximum Gasteiger partial charge on any atom is 0.170 e. The highest BCUT2D eigenvalue weighted by atomic mass is 16.1. The average Bonchev–Trinajstić information content (AvgIpc) is 2.45. The molecule has 0 radical (unpaired) electrons. The lowest BCUT2D eigenvalue weighted by molar-refractivity contribution is -0.121. The standard InChI is InChI=1S/C10H19N3O/c1-10(2,3)9-5-7(8(14)6-11)13(4)12-9/h7H,5-6,11H2,1-4H3. The lowest BCUT2D eigenvalue weighted by atomic mass is 9.86. The van der Waals surface area contributed by atoms with Gasteiger partial charge >= 0.3 is 0 Å². The molecule has 0 fully saturated rings. The van der Waals surface area contributed by atoms with Crippen molar-refractivity contribution in [2.45, 2.75) is 33.2 Å². The molecule has 0 spiro atoms. The van der Waals surface area contributed by atoms with Gasteiger partial charge in [0.1, 0.15) is 6.04 Å². The number of hydrogen-bond donors (Lipinski definition) is 1. The molecule has 1 heterocycles. The molecular weight excluding hydrogens is 178 g/mol. The second kappa shape index (κ2) is 3.69. The van der Waals surface area contributed by atoms with Gasteiger partial charge in [0.05, 0.1) is 6.54 Å². The van der Waals surface area contributed by atoms with E-state index >= 15 is 0 Å². The summed E-state index contributed by atoms with van der Waals surface area (Å²) in [4.78, 5) is 11.5. The molecule has 1 aliphatic rings. The number of likely N-dealkylation sites (N-methyl/N-ethyl adjacent to an activating group) is 1. The van der Waals surface area contributed by atoms with Gasteiger partial charge in [-0.25, -0.2) is 0 Å². The van der Waals surface area contributed by atoms with Crippen LogP contribution < -0.4 is 5.73 Å². The number of ketones is 1. The van der Waals surface area contributed by atoms with Gasteiger partial charge < -0.3 is 5.73 Å². The van der Waals surface area contributed by atoms with Crippen LogP contribution in [0.4, 0.5) is 0 Å². The molecule has 2 N–H and O–H groups in total. The predicted molar refractivity (Wildman–Crippen MR) is 57.1 cm³/mol. The third-order valence-corrected chi connectivity index (χ3v) is 2.55. The fraction of sp³-hybridized carbons (Fsp3) is 0.800. The Morgan fingerprint density at radius 3 is 2.57 bits per heavy atom.